The molecular weight excluding hydrogens is 379 g/mol. The lowest BCUT2D eigenvalue weighted by atomic mass is 9.99. The molecule has 0 bridgehead atoms. The molecule has 1 aliphatic rings. The Balaban J connectivity index is 2.15. The largest absolute Gasteiger partial charge is 0.394 e. The molecule has 0 amide bonds. The first-order valence-electron chi connectivity index (χ1n) is 8.25. The zero-order valence-electron chi connectivity index (χ0n) is 14.1. The van der Waals surface area contributed by atoms with Crippen molar-refractivity contribution in [2.45, 2.75) is 37.6 Å². The molecule has 142 valence electrons. The van der Waals surface area contributed by atoms with Crippen molar-refractivity contribution >= 4 is 24.2 Å². The fourth-order valence-electron chi connectivity index (χ4n) is 2.77. The second-order valence-corrected chi connectivity index (χ2v) is 6.76. The average molecular weight is 401 g/mol. The smallest absolute Gasteiger partial charge is 0.171 e. The molecule has 1 fully saturated rings. The summed E-state index contributed by atoms with van der Waals surface area (Å²) >= 11 is 10.4. The number of thiol groups is 1. The predicted molar refractivity (Wildman–Crippen MR) is 103 cm³/mol. The first-order chi connectivity index (χ1) is 12.5. The summed E-state index contributed by atoms with van der Waals surface area (Å²) in [7, 11) is 0. The molecule has 0 unspecified atom stereocenters. The third-order valence-electron chi connectivity index (χ3n) is 4.06. The standard InChI is InChI=1S/C19H22ClFO4S/c20-19(7-8-26)14(9-13-1-4-16(25-21)5-2-13)3-6-17-10-15(23)11-18(12-22)24-17/h1-8,15,17-18,22-23,26H,9-12H2/b6-3+,8-7-,19-14-/t15-,17+,18+/m1/s1. The lowest BCUT2D eigenvalue weighted by molar-refractivity contribution is -0.0935. The molecule has 0 spiro atoms. The Morgan fingerprint density at radius 1 is 1.31 bits per heavy atom. The van der Waals surface area contributed by atoms with Crippen molar-refractivity contribution in [1.82, 2.24) is 0 Å². The van der Waals surface area contributed by atoms with Gasteiger partial charge in [-0.25, -0.2) is 0 Å². The monoisotopic (exact) mass is 400 g/mol. The fraction of sp³-hybridized carbons (Fsp3) is 0.368. The van der Waals surface area contributed by atoms with Crippen molar-refractivity contribution in [3.05, 3.63) is 64.1 Å². The van der Waals surface area contributed by atoms with E-state index in [1.807, 2.05) is 12.2 Å². The molecule has 1 aromatic rings. The fourth-order valence-corrected chi connectivity index (χ4v) is 3.19. The van der Waals surface area contributed by atoms with Gasteiger partial charge in [-0.05, 0) is 41.2 Å². The van der Waals surface area contributed by atoms with Gasteiger partial charge in [-0.1, -0.05) is 35.9 Å². The topological polar surface area (TPSA) is 58.9 Å². The first-order valence-corrected chi connectivity index (χ1v) is 9.14. The van der Waals surface area contributed by atoms with Crippen LogP contribution in [0.3, 0.4) is 0 Å². The van der Waals surface area contributed by atoms with Crippen molar-refractivity contribution in [2.75, 3.05) is 6.61 Å². The molecule has 1 aliphatic heterocycles. The Hall–Kier alpha value is -1.31. The molecule has 4 nitrogen and oxygen atoms in total. The van der Waals surface area contributed by atoms with Crippen LogP contribution in [0.5, 0.6) is 5.75 Å². The number of aliphatic hydroxyl groups is 2. The predicted octanol–water partition coefficient (Wildman–Crippen LogP) is 3.89. The summed E-state index contributed by atoms with van der Waals surface area (Å²) in [6.07, 6.45) is 5.54. The number of halogens is 2. The first kappa shape index (κ1) is 21.0. The van der Waals surface area contributed by atoms with Crippen LogP contribution in [0, 0.1) is 0 Å². The van der Waals surface area contributed by atoms with Gasteiger partial charge in [0.2, 0.25) is 0 Å². The summed E-state index contributed by atoms with van der Waals surface area (Å²) in [6, 6.07) is 6.57. The van der Waals surface area contributed by atoms with Gasteiger partial charge in [-0.2, -0.15) is 12.6 Å². The summed E-state index contributed by atoms with van der Waals surface area (Å²) in [5.74, 6) is 0.135. The maximum Gasteiger partial charge on any atom is 0.171 e. The van der Waals surface area contributed by atoms with E-state index in [1.54, 1.807) is 23.6 Å². The zero-order valence-corrected chi connectivity index (χ0v) is 15.7. The molecule has 26 heavy (non-hydrogen) atoms. The van der Waals surface area contributed by atoms with Crippen LogP contribution in [0.4, 0.5) is 4.53 Å². The number of aliphatic hydroxyl groups excluding tert-OH is 2. The van der Waals surface area contributed by atoms with Crippen LogP contribution < -0.4 is 4.94 Å². The highest BCUT2D eigenvalue weighted by Gasteiger charge is 2.26. The summed E-state index contributed by atoms with van der Waals surface area (Å²) in [6.45, 7) is -0.129. The summed E-state index contributed by atoms with van der Waals surface area (Å²) in [4.78, 5) is 3.68. The van der Waals surface area contributed by atoms with Crippen molar-refractivity contribution in [2.24, 2.45) is 0 Å². The van der Waals surface area contributed by atoms with Gasteiger partial charge >= 0.3 is 0 Å². The van der Waals surface area contributed by atoms with E-state index in [9.17, 15) is 14.7 Å². The number of hydrogen-bond donors (Lipinski definition) is 3. The van der Waals surface area contributed by atoms with Gasteiger partial charge in [0.15, 0.2) is 5.75 Å². The Morgan fingerprint density at radius 2 is 2.04 bits per heavy atom. The number of rotatable bonds is 7. The van der Waals surface area contributed by atoms with Gasteiger partial charge < -0.3 is 14.9 Å². The number of allylic oxidation sites excluding steroid dienone is 4. The maximum atomic E-state index is 12.2. The molecule has 7 heteroatoms. The third kappa shape index (κ3) is 6.45. The molecule has 0 saturated carbocycles. The van der Waals surface area contributed by atoms with Crippen LogP contribution in [0.25, 0.3) is 0 Å². The highest BCUT2D eigenvalue weighted by Crippen LogP contribution is 2.24. The number of benzene rings is 1. The van der Waals surface area contributed by atoms with Crippen LogP contribution in [0.1, 0.15) is 18.4 Å². The Kier molecular flexibility index (Phi) is 8.68. The quantitative estimate of drug-likeness (QED) is 0.480. The minimum Gasteiger partial charge on any atom is -0.394 e. The second-order valence-electron chi connectivity index (χ2n) is 6.05. The second kappa shape index (κ2) is 10.7. The van der Waals surface area contributed by atoms with E-state index in [0.29, 0.717) is 24.3 Å². The van der Waals surface area contributed by atoms with E-state index < -0.39 is 6.10 Å². The molecule has 1 heterocycles. The van der Waals surface area contributed by atoms with E-state index in [0.717, 1.165) is 11.1 Å². The molecule has 1 saturated heterocycles. The van der Waals surface area contributed by atoms with E-state index in [1.165, 1.54) is 12.1 Å². The van der Waals surface area contributed by atoms with Gasteiger partial charge in [-0.3, -0.25) is 4.94 Å². The number of hydrogen-bond acceptors (Lipinski definition) is 5. The molecule has 0 radical (unpaired) electrons. The van der Waals surface area contributed by atoms with Gasteiger partial charge in [0.1, 0.15) is 0 Å². The van der Waals surface area contributed by atoms with Crippen LogP contribution in [-0.4, -0.2) is 35.1 Å². The lowest BCUT2D eigenvalue weighted by Gasteiger charge is -2.30. The normalized spacial score (nSPS) is 24.9. The molecule has 2 N–H and O–H groups in total. The molecule has 2 rings (SSSR count). The van der Waals surface area contributed by atoms with E-state index in [2.05, 4.69) is 17.6 Å². The summed E-state index contributed by atoms with van der Waals surface area (Å²) < 4.78 is 17.9. The molecule has 0 aliphatic carbocycles. The van der Waals surface area contributed by atoms with Crippen molar-refractivity contribution < 1.29 is 24.4 Å². The molecular formula is C19H22ClFO4S. The highest BCUT2D eigenvalue weighted by atomic mass is 35.5. The van der Waals surface area contributed by atoms with Crippen LogP contribution in [-0.2, 0) is 11.2 Å². The lowest BCUT2D eigenvalue weighted by Crippen LogP contribution is -2.36. The zero-order chi connectivity index (χ0) is 18.9. The van der Waals surface area contributed by atoms with Crippen LogP contribution in [0.15, 0.2) is 58.5 Å². The Morgan fingerprint density at radius 3 is 2.65 bits per heavy atom. The van der Waals surface area contributed by atoms with Gasteiger partial charge in [0.05, 0.1) is 24.9 Å². The van der Waals surface area contributed by atoms with E-state index >= 15 is 0 Å². The Bertz CT molecular complexity index is 660. The molecule has 1 aromatic carbocycles. The number of ether oxygens (including phenoxy) is 1. The summed E-state index contributed by atoms with van der Waals surface area (Å²) in [5, 5.41) is 21.2. The molecule has 3 atom stereocenters. The Labute approximate surface area is 162 Å². The van der Waals surface area contributed by atoms with Gasteiger partial charge in [0.25, 0.3) is 0 Å². The van der Waals surface area contributed by atoms with Crippen LogP contribution in [0.2, 0.25) is 0 Å². The van der Waals surface area contributed by atoms with Crippen LogP contribution >= 0.6 is 24.2 Å². The van der Waals surface area contributed by atoms with Crippen molar-refractivity contribution in [1.29, 1.82) is 0 Å². The SMILES string of the molecule is OC[C@@H]1C[C@H](O)C[C@H](/C=C/C(Cc2ccc(OF)cc2)=C(Cl)\C=C/S)O1. The average Bonchev–Trinajstić information content (AvgIpc) is 2.65. The highest BCUT2D eigenvalue weighted by molar-refractivity contribution is 7.83. The van der Waals surface area contributed by atoms with Crippen molar-refractivity contribution in [3.63, 3.8) is 0 Å². The minimum atomic E-state index is -0.510. The van der Waals surface area contributed by atoms with Crippen molar-refractivity contribution in [3.8, 4) is 5.75 Å². The van der Waals surface area contributed by atoms with Gasteiger partial charge in [0, 0.05) is 22.4 Å². The maximum absolute atomic E-state index is 12.2. The third-order valence-corrected chi connectivity index (χ3v) is 4.57. The summed E-state index contributed by atoms with van der Waals surface area (Å²) in [5.41, 5.74) is 1.74. The minimum absolute atomic E-state index is 0.129. The molecule has 0 aromatic heterocycles. The van der Waals surface area contributed by atoms with Gasteiger partial charge in [-0.15, -0.1) is 0 Å². The van der Waals surface area contributed by atoms with E-state index in [4.69, 9.17) is 16.3 Å². The van der Waals surface area contributed by atoms with E-state index in [-0.39, 0.29) is 24.6 Å².